The van der Waals surface area contributed by atoms with Gasteiger partial charge in [0.1, 0.15) is 0 Å². The van der Waals surface area contributed by atoms with E-state index < -0.39 is 30.7 Å². The fourth-order valence-electron chi connectivity index (χ4n) is 2.51. The number of hydrogen-bond acceptors (Lipinski definition) is 6. The van der Waals surface area contributed by atoms with Gasteiger partial charge in [-0.3, -0.25) is 0 Å². The Kier molecular flexibility index (Phi) is 8.52. The van der Waals surface area contributed by atoms with Crippen LogP contribution in [0.2, 0.25) is 4.71 Å². The molecule has 2 N–H and O–H groups in total. The number of sulfonamides is 1. The first-order chi connectivity index (χ1) is 13.2. The molecule has 152 valence electrons. The summed E-state index contributed by atoms with van der Waals surface area (Å²) in [6.07, 6.45) is 0.931. The van der Waals surface area contributed by atoms with Gasteiger partial charge >= 0.3 is 177 Å². The summed E-state index contributed by atoms with van der Waals surface area (Å²) in [6, 6.07) is 14.1. The van der Waals surface area contributed by atoms with E-state index in [1.165, 1.54) is 11.0 Å². The molecule has 28 heavy (non-hydrogen) atoms. The first-order valence-corrected chi connectivity index (χ1v) is 13.4. The minimum absolute atomic E-state index is 0.147. The van der Waals surface area contributed by atoms with Crippen LogP contribution < -0.4 is 9.49 Å². The Labute approximate surface area is 176 Å². The second-order valence-electron chi connectivity index (χ2n) is 6.54. The third-order valence-electron chi connectivity index (χ3n) is 3.97. The number of rotatable bonds is 10. The average Bonchev–Trinajstić information content (AvgIpc) is 2.63. The van der Waals surface area contributed by atoms with Gasteiger partial charge in [0, 0.05) is 0 Å². The number of nitrogens with zero attached hydrogens (tertiary/aromatic N) is 2. The maximum absolute atomic E-state index is 11.5. The molecule has 2 aromatic carbocycles. The van der Waals surface area contributed by atoms with Crippen LogP contribution in [0.3, 0.4) is 0 Å². The molecule has 10 heteroatoms. The second-order valence-corrected chi connectivity index (χ2v) is 12.6. The Morgan fingerprint density at radius 1 is 1.21 bits per heavy atom. The SMILES string of the molecule is CN(C)CC[C@H](CSc1ccccc1)[AsH]c1ccc(S(N)(=O)=O)cc1[N+](=O)[O-]. The summed E-state index contributed by atoms with van der Waals surface area (Å²) in [5.41, 5.74) is -0.147. The summed E-state index contributed by atoms with van der Waals surface area (Å²) in [6.45, 7) is 0.895. The third-order valence-corrected chi connectivity index (χ3v) is 10.1. The number of hydrogen-bond donors (Lipinski definition) is 1. The summed E-state index contributed by atoms with van der Waals surface area (Å²) in [4.78, 5) is 14.0. The summed E-state index contributed by atoms with van der Waals surface area (Å²) in [7, 11) is 0.0363. The van der Waals surface area contributed by atoms with E-state index in [-0.39, 0.29) is 10.6 Å². The Balaban J connectivity index is 2.22. The number of primary sulfonamides is 1. The molecule has 0 saturated heterocycles. The van der Waals surface area contributed by atoms with Crippen molar-refractivity contribution in [1.29, 1.82) is 0 Å². The third kappa shape index (κ3) is 7.22. The second kappa shape index (κ2) is 10.4. The zero-order valence-corrected chi connectivity index (χ0v) is 19.5. The van der Waals surface area contributed by atoms with Crippen molar-refractivity contribution in [1.82, 2.24) is 4.90 Å². The Bertz CT molecular complexity index is 908. The van der Waals surface area contributed by atoms with Gasteiger partial charge in [0.25, 0.3) is 0 Å². The van der Waals surface area contributed by atoms with Gasteiger partial charge in [0.05, 0.1) is 0 Å². The van der Waals surface area contributed by atoms with E-state index in [0.29, 0.717) is 9.06 Å². The van der Waals surface area contributed by atoms with Gasteiger partial charge in [-0.25, -0.2) is 0 Å². The standard InChI is InChI=1S/C18H24AsN3O4S2/c1-21(2)11-10-14(13-27-15-6-4-3-5-7-15)19-17-9-8-16(28(20,25)26)12-18(17)22(23)24/h3-9,12,14,19H,10-11,13H2,1-2H3,(H2,20,25,26)/t14-/m1/s1. The molecule has 2 atom stereocenters. The van der Waals surface area contributed by atoms with Crippen LogP contribution in [0, 0.1) is 10.1 Å². The fraction of sp³-hybridized carbons (Fsp3) is 0.333. The van der Waals surface area contributed by atoms with E-state index in [0.717, 1.165) is 24.8 Å². The predicted octanol–water partition coefficient (Wildman–Crippen LogP) is 1.84. The van der Waals surface area contributed by atoms with Crippen LogP contribution in [0.1, 0.15) is 6.42 Å². The van der Waals surface area contributed by atoms with Crippen LogP contribution >= 0.6 is 11.8 Å². The fourth-order valence-corrected chi connectivity index (χ4v) is 7.61. The van der Waals surface area contributed by atoms with Crippen molar-refractivity contribution in [3.05, 3.63) is 58.6 Å². The molecule has 2 aromatic rings. The Hall–Kier alpha value is -1.38. The number of benzene rings is 2. The molecule has 0 saturated carbocycles. The molecule has 0 radical (unpaired) electrons. The Morgan fingerprint density at radius 2 is 1.89 bits per heavy atom. The van der Waals surface area contributed by atoms with Gasteiger partial charge < -0.3 is 0 Å². The summed E-state index contributed by atoms with van der Waals surface area (Å²) < 4.78 is 24.0. The molecule has 0 aliphatic carbocycles. The van der Waals surface area contributed by atoms with E-state index in [1.54, 1.807) is 17.8 Å². The predicted molar refractivity (Wildman–Crippen MR) is 115 cm³/mol. The topological polar surface area (TPSA) is 107 Å². The number of nitrogens with two attached hydrogens (primary N) is 1. The monoisotopic (exact) mass is 485 g/mol. The summed E-state index contributed by atoms with van der Waals surface area (Å²) in [5, 5.41) is 16.6. The molecule has 1 unspecified atom stereocenters. The normalized spacial score (nSPS) is 13.3. The first kappa shape index (κ1) is 22.9. The van der Waals surface area contributed by atoms with Crippen molar-refractivity contribution in [2.45, 2.75) is 20.9 Å². The van der Waals surface area contributed by atoms with Crippen molar-refractivity contribution in [3.63, 3.8) is 0 Å². The molecule has 0 amide bonds. The molecule has 0 fully saturated rings. The van der Waals surface area contributed by atoms with Gasteiger partial charge in [-0.15, -0.1) is 0 Å². The van der Waals surface area contributed by atoms with E-state index in [9.17, 15) is 18.5 Å². The molecule has 0 heterocycles. The molecule has 0 bridgehead atoms. The molecule has 7 nitrogen and oxygen atoms in total. The van der Waals surface area contributed by atoms with Gasteiger partial charge in [-0.05, 0) is 0 Å². The van der Waals surface area contributed by atoms with Gasteiger partial charge in [-0.2, -0.15) is 0 Å². The quantitative estimate of drug-likeness (QED) is 0.238. The van der Waals surface area contributed by atoms with Crippen LogP contribution in [-0.4, -0.2) is 60.4 Å². The van der Waals surface area contributed by atoms with Gasteiger partial charge in [-0.1, -0.05) is 0 Å². The molecule has 0 aromatic heterocycles. The van der Waals surface area contributed by atoms with Crippen LogP contribution in [0.4, 0.5) is 5.69 Å². The average molecular weight is 485 g/mol. The number of nitro groups is 1. The van der Waals surface area contributed by atoms with Crippen LogP contribution in [-0.2, 0) is 10.0 Å². The van der Waals surface area contributed by atoms with Crippen molar-refractivity contribution < 1.29 is 13.3 Å². The van der Waals surface area contributed by atoms with Gasteiger partial charge in [0.2, 0.25) is 0 Å². The van der Waals surface area contributed by atoms with Crippen molar-refractivity contribution in [2.75, 3.05) is 26.4 Å². The van der Waals surface area contributed by atoms with Gasteiger partial charge in [0.15, 0.2) is 0 Å². The van der Waals surface area contributed by atoms with E-state index >= 15 is 0 Å². The van der Waals surface area contributed by atoms with Crippen molar-refractivity contribution in [2.24, 2.45) is 5.14 Å². The maximum atomic E-state index is 11.5. The van der Waals surface area contributed by atoms with Crippen molar-refractivity contribution in [3.8, 4) is 0 Å². The minimum atomic E-state index is -3.97. The molecular weight excluding hydrogens is 461 g/mol. The van der Waals surface area contributed by atoms with Crippen LogP contribution in [0.25, 0.3) is 0 Å². The van der Waals surface area contributed by atoms with Crippen molar-refractivity contribution >= 4 is 47.6 Å². The van der Waals surface area contributed by atoms with Crippen LogP contribution in [0.5, 0.6) is 0 Å². The number of thioether (sulfide) groups is 1. The molecule has 0 aliphatic rings. The molecular formula is C18H24AsN3O4S2. The van der Waals surface area contributed by atoms with E-state index in [4.69, 9.17) is 5.14 Å². The molecule has 0 spiro atoms. The zero-order valence-electron chi connectivity index (χ0n) is 15.7. The first-order valence-electron chi connectivity index (χ1n) is 8.57. The van der Waals surface area contributed by atoms with E-state index in [1.807, 2.05) is 32.3 Å². The molecule has 0 aliphatic heterocycles. The van der Waals surface area contributed by atoms with E-state index in [2.05, 4.69) is 17.0 Å². The van der Waals surface area contributed by atoms with Crippen LogP contribution in [0.15, 0.2) is 58.3 Å². The molecule has 2 rings (SSSR count). The summed E-state index contributed by atoms with van der Waals surface area (Å²) in [5.74, 6) is 0.867. The zero-order chi connectivity index (χ0) is 20.7. The number of nitro benzene ring substituents is 1. The Morgan fingerprint density at radius 3 is 2.46 bits per heavy atom. The summed E-state index contributed by atoms with van der Waals surface area (Å²) >= 11 is 0.886.